The first-order chi connectivity index (χ1) is 9.09. The highest BCUT2D eigenvalue weighted by molar-refractivity contribution is 7.90. The summed E-state index contributed by atoms with van der Waals surface area (Å²) in [6, 6.07) is 15.9. The Balaban J connectivity index is 2.25. The quantitative estimate of drug-likeness (QED) is 0.689. The van der Waals surface area contributed by atoms with Crippen LogP contribution in [0.5, 0.6) is 0 Å². The lowest BCUT2D eigenvalue weighted by Crippen LogP contribution is -2.12. The molecule has 0 aliphatic carbocycles. The van der Waals surface area contributed by atoms with E-state index in [1.807, 2.05) is 30.3 Å². The highest BCUT2D eigenvalue weighted by Crippen LogP contribution is 2.12. The van der Waals surface area contributed by atoms with E-state index in [0.717, 1.165) is 11.1 Å². The second kappa shape index (κ2) is 5.82. The van der Waals surface area contributed by atoms with E-state index in [0.29, 0.717) is 9.73 Å². The molecule has 0 amide bonds. The summed E-state index contributed by atoms with van der Waals surface area (Å²) in [6.07, 6.45) is 0. The fraction of sp³-hybridized carbons (Fsp3) is 0. The zero-order valence-corrected chi connectivity index (χ0v) is 11.5. The van der Waals surface area contributed by atoms with Crippen LogP contribution in [0.3, 0.4) is 0 Å². The zero-order valence-electron chi connectivity index (χ0n) is 9.87. The van der Waals surface area contributed by atoms with Crippen molar-refractivity contribution in [1.82, 2.24) is 0 Å². The molecule has 0 saturated heterocycles. The summed E-state index contributed by atoms with van der Waals surface area (Å²) in [7, 11) is 0. The molecule has 1 N–H and O–H groups in total. The highest BCUT2D eigenvalue weighted by atomic mass is 32.1. The van der Waals surface area contributed by atoms with Gasteiger partial charge >= 0.3 is 5.97 Å². The van der Waals surface area contributed by atoms with Gasteiger partial charge in [-0.3, -0.25) is 0 Å². The third kappa shape index (κ3) is 3.10. The number of carboxylic acid groups (broad SMARTS) is 1. The van der Waals surface area contributed by atoms with Crippen molar-refractivity contribution in [3.63, 3.8) is 0 Å². The van der Waals surface area contributed by atoms with Gasteiger partial charge in [0.2, 0.25) is 0 Å². The number of carbonyl (C=O) groups is 1. The largest absolute Gasteiger partial charge is 0.478 e. The summed E-state index contributed by atoms with van der Waals surface area (Å²) in [5.41, 5.74) is 1.89. The summed E-state index contributed by atoms with van der Waals surface area (Å²) < 4.78 is 0. The van der Waals surface area contributed by atoms with Gasteiger partial charge in [0, 0.05) is 0 Å². The third-order valence-corrected chi connectivity index (χ3v) is 3.65. The second-order valence-corrected chi connectivity index (χ2v) is 4.72. The maximum Gasteiger partial charge on any atom is 0.335 e. The second-order valence-electron chi connectivity index (χ2n) is 3.91. The number of aromatic carboxylic acids is 1. The summed E-state index contributed by atoms with van der Waals surface area (Å²) in [4.78, 5) is 11.9. The monoisotopic (exact) mass is 286 g/mol. The Bertz CT molecular complexity index is 631. The normalized spacial score (nSPS) is 9.89. The van der Waals surface area contributed by atoms with E-state index >= 15 is 0 Å². The number of thiocarbonyl (C=S) groups is 2. The Kier molecular flexibility index (Phi) is 4.14. The van der Waals surface area contributed by atoms with Gasteiger partial charge in [-0.1, -0.05) is 66.9 Å². The zero-order chi connectivity index (χ0) is 13.8. The minimum atomic E-state index is -0.955. The SMILES string of the molecule is O=C(O)c1ccc(C(=S)C(=S)c2ccccc2)cc1. The van der Waals surface area contributed by atoms with E-state index in [1.54, 1.807) is 12.1 Å². The van der Waals surface area contributed by atoms with Crippen LogP contribution >= 0.6 is 24.4 Å². The molecular formula is C15H10O2S2. The number of carboxylic acids is 1. The molecular weight excluding hydrogens is 276 g/mol. The highest BCUT2D eigenvalue weighted by Gasteiger charge is 2.10. The van der Waals surface area contributed by atoms with Gasteiger partial charge < -0.3 is 5.11 Å². The fourth-order valence-electron chi connectivity index (χ4n) is 1.62. The Morgan fingerprint density at radius 2 is 1.16 bits per heavy atom. The molecule has 0 aliphatic heterocycles. The number of rotatable bonds is 4. The van der Waals surface area contributed by atoms with Gasteiger partial charge in [0.05, 0.1) is 15.3 Å². The number of benzene rings is 2. The van der Waals surface area contributed by atoms with E-state index in [-0.39, 0.29) is 5.56 Å². The Morgan fingerprint density at radius 3 is 1.63 bits per heavy atom. The Labute approximate surface area is 121 Å². The molecule has 0 fully saturated rings. The Morgan fingerprint density at radius 1 is 0.737 bits per heavy atom. The van der Waals surface area contributed by atoms with Crippen LogP contribution in [-0.4, -0.2) is 20.8 Å². The summed E-state index contributed by atoms with van der Waals surface area (Å²) in [5, 5.41) is 8.84. The van der Waals surface area contributed by atoms with Gasteiger partial charge in [-0.15, -0.1) is 0 Å². The van der Waals surface area contributed by atoms with Gasteiger partial charge in [0.1, 0.15) is 0 Å². The maximum atomic E-state index is 10.8. The minimum absolute atomic E-state index is 0.233. The average molecular weight is 286 g/mol. The topological polar surface area (TPSA) is 37.3 Å². The van der Waals surface area contributed by atoms with Crippen LogP contribution < -0.4 is 0 Å². The molecule has 0 radical (unpaired) electrons. The molecule has 2 nitrogen and oxygen atoms in total. The smallest absolute Gasteiger partial charge is 0.335 e. The number of hydrogen-bond donors (Lipinski definition) is 1. The lowest BCUT2D eigenvalue weighted by Gasteiger charge is -2.06. The van der Waals surface area contributed by atoms with Crippen molar-refractivity contribution in [3.05, 3.63) is 71.3 Å². The van der Waals surface area contributed by atoms with Crippen LogP contribution in [0.2, 0.25) is 0 Å². The van der Waals surface area contributed by atoms with Crippen LogP contribution in [0.1, 0.15) is 21.5 Å². The summed E-state index contributed by atoms with van der Waals surface area (Å²) >= 11 is 10.7. The summed E-state index contributed by atoms with van der Waals surface area (Å²) in [5.74, 6) is -0.955. The van der Waals surface area contributed by atoms with E-state index < -0.39 is 5.97 Å². The molecule has 4 heteroatoms. The van der Waals surface area contributed by atoms with Gasteiger partial charge in [-0.2, -0.15) is 0 Å². The van der Waals surface area contributed by atoms with E-state index in [4.69, 9.17) is 29.5 Å². The average Bonchev–Trinajstić information content (AvgIpc) is 2.46. The first-order valence-electron chi connectivity index (χ1n) is 5.57. The van der Waals surface area contributed by atoms with Crippen LogP contribution in [0.4, 0.5) is 0 Å². The van der Waals surface area contributed by atoms with Crippen molar-refractivity contribution in [1.29, 1.82) is 0 Å². The predicted molar refractivity (Wildman–Crippen MR) is 83.2 cm³/mol. The third-order valence-electron chi connectivity index (χ3n) is 2.64. The fourth-order valence-corrected chi connectivity index (χ4v) is 2.12. The maximum absolute atomic E-state index is 10.8. The van der Waals surface area contributed by atoms with Gasteiger partial charge in [-0.05, 0) is 23.3 Å². The molecule has 0 aliphatic rings. The first-order valence-corrected chi connectivity index (χ1v) is 6.38. The van der Waals surface area contributed by atoms with Gasteiger partial charge in [0.15, 0.2) is 0 Å². The lowest BCUT2D eigenvalue weighted by molar-refractivity contribution is 0.0697. The molecule has 94 valence electrons. The van der Waals surface area contributed by atoms with Crippen molar-refractivity contribution in [2.75, 3.05) is 0 Å². The lowest BCUT2D eigenvalue weighted by atomic mass is 10.0. The van der Waals surface area contributed by atoms with E-state index in [1.165, 1.54) is 12.1 Å². The molecule has 2 aromatic carbocycles. The van der Waals surface area contributed by atoms with E-state index in [2.05, 4.69) is 0 Å². The van der Waals surface area contributed by atoms with Crippen LogP contribution in [0.15, 0.2) is 54.6 Å². The van der Waals surface area contributed by atoms with Gasteiger partial charge in [-0.25, -0.2) is 4.79 Å². The van der Waals surface area contributed by atoms with Crippen molar-refractivity contribution in [3.8, 4) is 0 Å². The van der Waals surface area contributed by atoms with Crippen LogP contribution in [0.25, 0.3) is 0 Å². The van der Waals surface area contributed by atoms with Crippen molar-refractivity contribution >= 4 is 40.1 Å². The van der Waals surface area contributed by atoms with Crippen LogP contribution in [0, 0.1) is 0 Å². The molecule has 0 unspecified atom stereocenters. The standard InChI is InChI=1S/C15H10O2S2/c16-15(17)12-8-6-11(7-9-12)14(19)13(18)10-4-2-1-3-5-10/h1-9H,(H,16,17). The molecule has 2 rings (SSSR count). The van der Waals surface area contributed by atoms with Crippen molar-refractivity contribution in [2.45, 2.75) is 0 Å². The molecule has 0 bridgehead atoms. The first kappa shape index (κ1) is 13.5. The molecule has 0 atom stereocenters. The van der Waals surface area contributed by atoms with Crippen molar-refractivity contribution < 1.29 is 9.90 Å². The van der Waals surface area contributed by atoms with Crippen LogP contribution in [-0.2, 0) is 0 Å². The molecule has 0 heterocycles. The summed E-state index contributed by atoms with van der Waals surface area (Å²) in [6.45, 7) is 0. The molecule has 0 spiro atoms. The van der Waals surface area contributed by atoms with E-state index in [9.17, 15) is 4.79 Å². The number of hydrogen-bond acceptors (Lipinski definition) is 3. The van der Waals surface area contributed by atoms with Crippen molar-refractivity contribution in [2.24, 2.45) is 0 Å². The Hall–Kier alpha value is -1.91. The minimum Gasteiger partial charge on any atom is -0.478 e. The molecule has 2 aromatic rings. The molecule has 0 saturated carbocycles. The molecule has 19 heavy (non-hydrogen) atoms. The molecule has 0 aromatic heterocycles. The predicted octanol–water partition coefficient (Wildman–Crippen LogP) is 3.52. The van der Waals surface area contributed by atoms with Gasteiger partial charge in [0.25, 0.3) is 0 Å².